The summed E-state index contributed by atoms with van der Waals surface area (Å²) in [5.74, 6) is -1.21. The summed E-state index contributed by atoms with van der Waals surface area (Å²) in [4.78, 5) is 24.9. The summed E-state index contributed by atoms with van der Waals surface area (Å²) in [5.41, 5.74) is 1.47. The van der Waals surface area contributed by atoms with Crippen molar-refractivity contribution in [3.05, 3.63) is 64.2 Å². The second kappa shape index (κ2) is 11.0. The van der Waals surface area contributed by atoms with Gasteiger partial charge in [0.25, 0.3) is 0 Å². The van der Waals surface area contributed by atoms with Gasteiger partial charge in [0.2, 0.25) is 10.0 Å². The van der Waals surface area contributed by atoms with Crippen molar-refractivity contribution < 1.29 is 27.5 Å². The van der Waals surface area contributed by atoms with Crippen molar-refractivity contribution in [2.75, 3.05) is 32.9 Å². The fourth-order valence-corrected chi connectivity index (χ4v) is 4.92. The lowest BCUT2D eigenvalue weighted by atomic mass is 10.0. The van der Waals surface area contributed by atoms with Crippen LogP contribution in [0.1, 0.15) is 46.0 Å². The standard InChI is InChI=1S/C23H26ClNO6S/c1-2-3-4-17-5-7-18(8-6-17)22(26)16-31-23(27)20-15-19(9-10-21(20)24)32(28,29)25-11-13-30-14-12-25/h5-10,15H,2-4,11-14,16H2,1H3. The van der Waals surface area contributed by atoms with E-state index in [1.54, 1.807) is 12.1 Å². The van der Waals surface area contributed by atoms with E-state index in [9.17, 15) is 18.0 Å². The molecule has 2 aromatic carbocycles. The number of carbonyl (C=O) groups is 2. The molecule has 0 unspecified atom stereocenters. The molecule has 0 N–H and O–H groups in total. The Kier molecular flexibility index (Phi) is 8.42. The van der Waals surface area contributed by atoms with E-state index in [0.29, 0.717) is 18.8 Å². The Morgan fingerprint density at radius 2 is 1.78 bits per heavy atom. The van der Waals surface area contributed by atoms with Crippen LogP contribution in [0.25, 0.3) is 0 Å². The maximum atomic E-state index is 12.8. The van der Waals surface area contributed by atoms with Crippen molar-refractivity contribution in [3.63, 3.8) is 0 Å². The zero-order valence-electron chi connectivity index (χ0n) is 17.9. The number of halogens is 1. The molecule has 0 atom stereocenters. The first-order valence-corrected chi connectivity index (χ1v) is 12.3. The molecule has 1 aliphatic rings. The van der Waals surface area contributed by atoms with E-state index in [1.807, 2.05) is 12.1 Å². The first-order chi connectivity index (χ1) is 15.3. The van der Waals surface area contributed by atoms with E-state index in [0.717, 1.165) is 24.8 Å². The molecule has 1 heterocycles. The van der Waals surface area contributed by atoms with E-state index >= 15 is 0 Å². The lowest BCUT2D eigenvalue weighted by Crippen LogP contribution is -2.40. The van der Waals surface area contributed by atoms with Crippen LogP contribution in [-0.2, 0) is 25.9 Å². The number of ketones is 1. The Morgan fingerprint density at radius 1 is 1.09 bits per heavy atom. The molecule has 1 fully saturated rings. The number of ether oxygens (including phenoxy) is 2. The predicted molar refractivity (Wildman–Crippen MR) is 121 cm³/mol. The van der Waals surface area contributed by atoms with Gasteiger partial charge in [0, 0.05) is 18.7 Å². The molecule has 0 aliphatic carbocycles. The summed E-state index contributed by atoms with van der Waals surface area (Å²) in [7, 11) is -3.80. The summed E-state index contributed by atoms with van der Waals surface area (Å²) >= 11 is 6.10. The molecule has 1 saturated heterocycles. The monoisotopic (exact) mass is 479 g/mol. The minimum atomic E-state index is -3.80. The van der Waals surface area contributed by atoms with Gasteiger partial charge < -0.3 is 9.47 Å². The molecule has 9 heteroatoms. The van der Waals surface area contributed by atoms with Gasteiger partial charge in [0.1, 0.15) is 0 Å². The van der Waals surface area contributed by atoms with Crippen LogP contribution in [0.3, 0.4) is 0 Å². The van der Waals surface area contributed by atoms with E-state index in [2.05, 4.69) is 6.92 Å². The van der Waals surface area contributed by atoms with Gasteiger partial charge >= 0.3 is 5.97 Å². The molecule has 7 nitrogen and oxygen atoms in total. The number of hydrogen-bond donors (Lipinski definition) is 0. The molecule has 0 aromatic heterocycles. The topological polar surface area (TPSA) is 90.0 Å². The predicted octanol–water partition coefficient (Wildman–Crippen LogP) is 3.74. The van der Waals surface area contributed by atoms with Crippen LogP contribution in [0.2, 0.25) is 5.02 Å². The molecule has 1 aliphatic heterocycles. The van der Waals surface area contributed by atoms with Crippen molar-refractivity contribution in [1.29, 1.82) is 0 Å². The molecule has 172 valence electrons. The highest BCUT2D eigenvalue weighted by atomic mass is 35.5. The number of unbranched alkanes of at least 4 members (excludes halogenated alkanes) is 1. The van der Waals surface area contributed by atoms with Crippen LogP contribution in [0.15, 0.2) is 47.4 Å². The van der Waals surface area contributed by atoms with Gasteiger partial charge in [-0.15, -0.1) is 0 Å². The summed E-state index contributed by atoms with van der Waals surface area (Å²) in [5, 5.41) is 0.0450. The molecule has 0 radical (unpaired) electrons. The molecule has 2 aromatic rings. The van der Waals surface area contributed by atoms with E-state index in [1.165, 1.54) is 22.5 Å². The third-order valence-corrected chi connectivity index (χ3v) is 7.42. The molecular weight excluding hydrogens is 454 g/mol. The largest absolute Gasteiger partial charge is 0.454 e. The first-order valence-electron chi connectivity index (χ1n) is 10.5. The number of benzene rings is 2. The van der Waals surface area contributed by atoms with Crippen molar-refractivity contribution >= 4 is 33.4 Å². The van der Waals surface area contributed by atoms with Gasteiger partial charge in [-0.1, -0.05) is 49.2 Å². The maximum absolute atomic E-state index is 12.8. The smallest absolute Gasteiger partial charge is 0.340 e. The van der Waals surface area contributed by atoms with E-state index in [4.69, 9.17) is 21.1 Å². The highest BCUT2D eigenvalue weighted by molar-refractivity contribution is 7.89. The molecule has 0 saturated carbocycles. The van der Waals surface area contributed by atoms with Crippen molar-refractivity contribution in [3.8, 4) is 0 Å². The number of esters is 1. The number of carbonyl (C=O) groups excluding carboxylic acids is 2. The lowest BCUT2D eigenvalue weighted by Gasteiger charge is -2.26. The number of sulfonamides is 1. The van der Waals surface area contributed by atoms with Gasteiger partial charge in [-0.3, -0.25) is 4.79 Å². The van der Waals surface area contributed by atoms with Gasteiger partial charge in [-0.2, -0.15) is 4.31 Å². The molecule has 0 spiro atoms. The van der Waals surface area contributed by atoms with Crippen LogP contribution in [-0.4, -0.2) is 57.4 Å². The van der Waals surface area contributed by atoms with E-state index in [-0.39, 0.29) is 34.4 Å². The number of hydrogen-bond acceptors (Lipinski definition) is 6. The quantitative estimate of drug-likeness (QED) is 0.402. The first kappa shape index (κ1) is 24.4. The minimum Gasteiger partial charge on any atom is -0.454 e. The zero-order chi connectivity index (χ0) is 23.1. The average Bonchev–Trinajstić information content (AvgIpc) is 2.82. The third kappa shape index (κ3) is 5.95. The van der Waals surface area contributed by atoms with Crippen LogP contribution in [0.5, 0.6) is 0 Å². The van der Waals surface area contributed by atoms with Crippen LogP contribution >= 0.6 is 11.6 Å². The summed E-state index contributed by atoms with van der Waals surface area (Å²) < 4.78 is 37.3. The molecular formula is C23H26ClNO6S. The van der Waals surface area contributed by atoms with Crippen molar-refractivity contribution in [1.82, 2.24) is 4.31 Å². The SMILES string of the molecule is CCCCc1ccc(C(=O)COC(=O)c2cc(S(=O)(=O)N3CCOCC3)ccc2Cl)cc1. The molecule has 0 bridgehead atoms. The Labute approximate surface area is 193 Å². The van der Waals surface area contributed by atoms with Crippen LogP contribution < -0.4 is 0 Å². The average molecular weight is 480 g/mol. The molecule has 32 heavy (non-hydrogen) atoms. The minimum absolute atomic E-state index is 0.0450. The number of nitrogens with zero attached hydrogens (tertiary/aromatic N) is 1. The lowest BCUT2D eigenvalue weighted by molar-refractivity contribution is 0.0474. The van der Waals surface area contributed by atoms with E-state index < -0.39 is 22.6 Å². The van der Waals surface area contributed by atoms with Crippen LogP contribution in [0.4, 0.5) is 0 Å². The fourth-order valence-electron chi connectivity index (χ4n) is 3.29. The summed E-state index contributed by atoms with van der Waals surface area (Å²) in [6.07, 6.45) is 3.11. The number of rotatable bonds is 9. The maximum Gasteiger partial charge on any atom is 0.340 e. The van der Waals surface area contributed by atoms with Gasteiger partial charge in [0.15, 0.2) is 12.4 Å². The Balaban J connectivity index is 1.67. The Bertz CT molecular complexity index is 1060. The zero-order valence-corrected chi connectivity index (χ0v) is 19.5. The number of morpholine rings is 1. The normalized spacial score (nSPS) is 14.8. The Hall–Kier alpha value is -2.26. The molecule has 3 rings (SSSR count). The highest BCUT2D eigenvalue weighted by Gasteiger charge is 2.28. The summed E-state index contributed by atoms with van der Waals surface area (Å²) in [6.45, 7) is 2.73. The van der Waals surface area contributed by atoms with Crippen LogP contribution in [0, 0.1) is 0 Å². The van der Waals surface area contributed by atoms with Crippen molar-refractivity contribution in [2.45, 2.75) is 31.1 Å². The highest BCUT2D eigenvalue weighted by Crippen LogP contribution is 2.24. The van der Waals surface area contributed by atoms with Gasteiger partial charge in [-0.25, -0.2) is 13.2 Å². The fraction of sp³-hybridized carbons (Fsp3) is 0.391. The summed E-state index contributed by atoms with van der Waals surface area (Å²) in [6, 6.07) is 11.1. The van der Waals surface area contributed by atoms with Crippen molar-refractivity contribution in [2.24, 2.45) is 0 Å². The second-order valence-corrected chi connectivity index (χ2v) is 9.80. The Morgan fingerprint density at radius 3 is 2.44 bits per heavy atom. The number of Topliss-reactive ketones (excluding diaryl/α,β-unsaturated/α-hetero) is 1. The van der Waals surface area contributed by atoms with Gasteiger partial charge in [-0.05, 0) is 36.6 Å². The number of aryl methyl sites for hydroxylation is 1. The third-order valence-electron chi connectivity index (χ3n) is 5.19. The van der Waals surface area contributed by atoms with Gasteiger partial charge in [0.05, 0.1) is 28.7 Å². The second-order valence-electron chi connectivity index (χ2n) is 7.46. The molecule has 0 amide bonds.